The fourth-order valence-electron chi connectivity index (χ4n) is 1.90. The minimum absolute atomic E-state index is 0.126. The molecule has 2 unspecified atom stereocenters. The summed E-state index contributed by atoms with van der Waals surface area (Å²) in [7, 11) is 0. The largest absolute Gasteiger partial charge is 0.323 e. The SMILES string of the molecule is CCC1(Cl)C=CC(c2ccccc2)=CC1N. The van der Waals surface area contributed by atoms with Crippen molar-refractivity contribution >= 4 is 17.2 Å². The molecule has 0 aromatic heterocycles. The van der Waals surface area contributed by atoms with Gasteiger partial charge >= 0.3 is 0 Å². The van der Waals surface area contributed by atoms with E-state index in [1.54, 1.807) is 0 Å². The maximum absolute atomic E-state index is 6.41. The van der Waals surface area contributed by atoms with Crippen LogP contribution in [0.15, 0.2) is 48.6 Å². The summed E-state index contributed by atoms with van der Waals surface area (Å²) in [6.07, 6.45) is 6.97. The first-order valence-corrected chi connectivity index (χ1v) is 5.94. The van der Waals surface area contributed by atoms with Gasteiger partial charge in [0, 0.05) is 6.04 Å². The number of allylic oxidation sites excluding steroid dienone is 2. The number of alkyl halides is 1. The molecule has 0 radical (unpaired) electrons. The minimum Gasteiger partial charge on any atom is -0.323 e. The Morgan fingerprint density at radius 2 is 2.00 bits per heavy atom. The van der Waals surface area contributed by atoms with Crippen molar-refractivity contribution in [3.63, 3.8) is 0 Å². The Labute approximate surface area is 102 Å². The second-order valence-electron chi connectivity index (χ2n) is 4.13. The van der Waals surface area contributed by atoms with Crippen LogP contribution in [-0.4, -0.2) is 10.9 Å². The van der Waals surface area contributed by atoms with Gasteiger partial charge < -0.3 is 5.73 Å². The highest BCUT2D eigenvalue weighted by Gasteiger charge is 2.31. The Morgan fingerprint density at radius 3 is 2.56 bits per heavy atom. The fraction of sp³-hybridized carbons (Fsp3) is 0.286. The molecule has 1 aromatic rings. The third-order valence-electron chi connectivity index (χ3n) is 3.10. The van der Waals surface area contributed by atoms with Crippen LogP contribution in [0, 0.1) is 0 Å². The van der Waals surface area contributed by atoms with Crippen molar-refractivity contribution in [1.82, 2.24) is 0 Å². The molecule has 84 valence electrons. The molecule has 1 aliphatic carbocycles. The molecule has 0 bridgehead atoms. The van der Waals surface area contributed by atoms with Crippen molar-refractivity contribution in [3.8, 4) is 0 Å². The third kappa shape index (κ3) is 2.06. The Balaban J connectivity index is 2.30. The molecule has 1 nitrogen and oxygen atoms in total. The van der Waals surface area contributed by atoms with E-state index < -0.39 is 4.87 Å². The Hall–Kier alpha value is -1.05. The van der Waals surface area contributed by atoms with E-state index >= 15 is 0 Å². The molecular formula is C14H16ClN. The molecule has 16 heavy (non-hydrogen) atoms. The second-order valence-corrected chi connectivity index (χ2v) is 4.83. The van der Waals surface area contributed by atoms with Crippen LogP contribution in [0.2, 0.25) is 0 Å². The topological polar surface area (TPSA) is 26.0 Å². The summed E-state index contributed by atoms with van der Waals surface area (Å²) in [5.74, 6) is 0. The molecule has 0 amide bonds. The predicted molar refractivity (Wildman–Crippen MR) is 70.4 cm³/mol. The van der Waals surface area contributed by atoms with E-state index in [0.717, 1.165) is 12.0 Å². The van der Waals surface area contributed by atoms with Crippen LogP contribution in [0.1, 0.15) is 18.9 Å². The lowest BCUT2D eigenvalue weighted by Gasteiger charge is -2.30. The van der Waals surface area contributed by atoms with Gasteiger partial charge in [-0.2, -0.15) is 0 Å². The zero-order valence-electron chi connectivity index (χ0n) is 9.36. The standard InChI is InChI=1S/C14H16ClN/c1-2-14(15)9-8-12(10-13(14)16)11-6-4-3-5-7-11/h3-10,13H,2,16H2,1H3. The van der Waals surface area contributed by atoms with Gasteiger partial charge in [-0.25, -0.2) is 0 Å². The van der Waals surface area contributed by atoms with Gasteiger partial charge in [0.1, 0.15) is 0 Å². The van der Waals surface area contributed by atoms with E-state index in [4.69, 9.17) is 17.3 Å². The van der Waals surface area contributed by atoms with Crippen LogP contribution < -0.4 is 5.73 Å². The van der Waals surface area contributed by atoms with Crippen molar-refractivity contribution in [2.45, 2.75) is 24.3 Å². The molecular weight excluding hydrogens is 218 g/mol. The molecule has 0 spiro atoms. The first-order chi connectivity index (χ1) is 7.65. The molecule has 0 aliphatic heterocycles. The second kappa shape index (κ2) is 4.44. The number of halogens is 1. The number of hydrogen-bond acceptors (Lipinski definition) is 1. The zero-order chi connectivity index (χ0) is 11.6. The monoisotopic (exact) mass is 233 g/mol. The van der Waals surface area contributed by atoms with Gasteiger partial charge in [-0.15, -0.1) is 11.6 Å². The minimum atomic E-state index is -0.418. The third-order valence-corrected chi connectivity index (χ3v) is 3.75. The zero-order valence-corrected chi connectivity index (χ0v) is 10.1. The van der Waals surface area contributed by atoms with Crippen LogP contribution in [0.5, 0.6) is 0 Å². The first-order valence-electron chi connectivity index (χ1n) is 5.57. The normalized spacial score (nSPS) is 28.9. The van der Waals surface area contributed by atoms with Crippen LogP contribution >= 0.6 is 11.6 Å². The molecule has 0 saturated carbocycles. The lowest BCUT2D eigenvalue weighted by Crippen LogP contribution is -2.41. The average molecular weight is 234 g/mol. The van der Waals surface area contributed by atoms with Crippen LogP contribution in [-0.2, 0) is 0 Å². The highest BCUT2D eigenvalue weighted by Crippen LogP contribution is 2.33. The average Bonchev–Trinajstić information content (AvgIpc) is 2.34. The maximum atomic E-state index is 6.41. The van der Waals surface area contributed by atoms with Crippen molar-refractivity contribution in [2.75, 3.05) is 0 Å². The summed E-state index contributed by atoms with van der Waals surface area (Å²) in [5.41, 5.74) is 8.43. The predicted octanol–water partition coefficient (Wildman–Crippen LogP) is 3.35. The summed E-state index contributed by atoms with van der Waals surface area (Å²) in [4.78, 5) is -0.418. The number of hydrogen-bond donors (Lipinski definition) is 1. The Kier molecular flexibility index (Phi) is 3.17. The van der Waals surface area contributed by atoms with Crippen molar-refractivity contribution < 1.29 is 0 Å². The summed E-state index contributed by atoms with van der Waals surface area (Å²) in [5, 5.41) is 0. The van der Waals surface area contributed by atoms with Crippen molar-refractivity contribution in [2.24, 2.45) is 5.73 Å². The molecule has 0 heterocycles. The summed E-state index contributed by atoms with van der Waals surface area (Å²) in [6, 6.07) is 10.1. The maximum Gasteiger partial charge on any atom is 0.0813 e. The Morgan fingerprint density at radius 1 is 1.31 bits per heavy atom. The van der Waals surface area contributed by atoms with Crippen LogP contribution in [0.25, 0.3) is 5.57 Å². The van der Waals surface area contributed by atoms with E-state index in [2.05, 4.69) is 25.1 Å². The molecule has 2 N–H and O–H groups in total. The number of nitrogens with two attached hydrogens (primary N) is 1. The quantitative estimate of drug-likeness (QED) is 0.779. The molecule has 1 aliphatic rings. The summed E-state index contributed by atoms with van der Waals surface area (Å²) < 4.78 is 0. The van der Waals surface area contributed by atoms with Crippen molar-refractivity contribution in [1.29, 1.82) is 0 Å². The lowest BCUT2D eigenvalue weighted by molar-refractivity contribution is 0.593. The van der Waals surface area contributed by atoms with Gasteiger partial charge in [-0.1, -0.05) is 55.5 Å². The van der Waals surface area contributed by atoms with Gasteiger partial charge in [-0.3, -0.25) is 0 Å². The molecule has 1 aromatic carbocycles. The van der Waals surface area contributed by atoms with Gasteiger partial charge in [0.05, 0.1) is 4.87 Å². The summed E-state index contributed by atoms with van der Waals surface area (Å²) >= 11 is 6.41. The number of benzene rings is 1. The van der Waals surface area contributed by atoms with E-state index in [1.165, 1.54) is 5.56 Å². The summed E-state index contributed by atoms with van der Waals surface area (Å²) in [6.45, 7) is 2.05. The van der Waals surface area contributed by atoms with E-state index in [9.17, 15) is 0 Å². The van der Waals surface area contributed by atoms with Gasteiger partial charge in [0.25, 0.3) is 0 Å². The molecule has 2 heteroatoms. The van der Waals surface area contributed by atoms with Crippen LogP contribution in [0.4, 0.5) is 0 Å². The highest BCUT2D eigenvalue weighted by molar-refractivity contribution is 6.26. The van der Waals surface area contributed by atoms with Gasteiger partial charge in [-0.05, 0) is 17.6 Å². The van der Waals surface area contributed by atoms with Crippen LogP contribution in [0.3, 0.4) is 0 Å². The first kappa shape index (κ1) is 11.4. The van der Waals surface area contributed by atoms with Crippen molar-refractivity contribution in [3.05, 3.63) is 54.1 Å². The Bertz CT molecular complexity index is 422. The molecule has 2 atom stereocenters. The highest BCUT2D eigenvalue weighted by atomic mass is 35.5. The van der Waals surface area contributed by atoms with E-state index in [-0.39, 0.29) is 6.04 Å². The van der Waals surface area contributed by atoms with Gasteiger partial charge in [0.2, 0.25) is 0 Å². The smallest absolute Gasteiger partial charge is 0.0813 e. The van der Waals surface area contributed by atoms with E-state index in [0.29, 0.717) is 0 Å². The van der Waals surface area contributed by atoms with E-state index in [1.807, 2.05) is 30.4 Å². The molecule has 0 fully saturated rings. The molecule has 0 saturated heterocycles. The molecule has 2 rings (SSSR count). The number of rotatable bonds is 2. The lowest BCUT2D eigenvalue weighted by atomic mass is 9.87. The van der Waals surface area contributed by atoms with Gasteiger partial charge in [0.15, 0.2) is 0 Å². The fourth-order valence-corrected chi connectivity index (χ4v) is 2.03.